The summed E-state index contributed by atoms with van der Waals surface area (Å²) in [5.41, 5.74) is 3.48. The first-order valence-electron chi connectivity index (χ1n) is 9.11. The molecule has 0 unspecified atom stereocenters. The number of nitrogens with zero attached hydrogens (tertiary/aromatic N) is 1. The smallest absolute Gasteiger partial charge is 0.241 e. The van der Waals surface area contributed by atoms with Crippen molar-refractivity contribution in [3.8, 4) is 11.5 Å². The molecule has 0 radical (unpaired) electrons. The second kappa shape index (κ2) is 8.31. The van der Waals surface area contributed by atoms with Crippen LogP contribution in [0, 0.1) is 13.8 Å². The van der Waals surface area contributed by atoms with Gasteiger partial charge in [0.1, 0.15) is 0 Å². The Balaban J connectivity index is 1.55. The normalized spacial score (nSPS) is 13.3. The molecule has 0 spiro atoms. The molecular formula is C21H25N3O4. The molecule has 2 amide bonds. The highest BCUT2D eigenvalue weighted by Crippen LogP contribution is 2.34. The molecule has 1 atom stereocenters. The molecule has 2 N–H and O–H groups in total. The number of likely N-dealkylation sites (N-methyl/N-ethyl adjacent to an activating group) is 1. The van der Waals surface area contributed by atoms with E-state index in [-0.39, 0.29) is 25.2 Å². The van der Waals surface area contributed by atoms with E-state index >= 15 is 0 Å². The Hall–Kier alpha value is -3.06. The maximum absolute atomic E-state index is 12.5. The predicted octanol–water partition coefficient (Wildman–Crippen LogP) is 2.93. The van der Waals surface area contributed by atoms with Crippen LogP contribution in [0.5, 0.6) is 11.5 Å². The van der Waals surface area contributed by atoms with E-state index in [0.29, 0.717) is 17.2 Å². The molecule has 1 heterocycles. The van der Waals surface area contributed by atoms with Gasteiger partial charge in [-0.3, -0.25) is 14.5 Å². The molecule has 7 heteroatoms. The Labute approximate surface area is 164 Å². The van der Waals surface area contributed by atoms with Gasteiger partial charge >= 0.3 is 0 Å². The third-order valence-electron chi connectivity index (χ3n) is 4.74. The summed E-state index contributed by atoms with van der Waals surface area (Å²) in [6, 6.07) is 10.6. The molecule has 2 aromatic carbocycles. The van der Waals surface area contributed by atoms with Crippen molar-refractivity contribution in [1.29, 1.82) is 0 Å². The number of carbonyl (C=O) groups is 2. The third kappa shape index (κ3) is 4.61. The summed E-state index contributed by atoms with van der Waals surface area (Å²) in [6.45, 7) is 5.96. The molecule has 0 bridgehead atoms. The van der Waals surface area contributed by atoms with Crippen molar-refractivity contribution < 1.29 is 19.1 Å². The van der Waals surface area contributed by atoms with E-state index in [9.17, 15) is 9.59 Å². The van der Waals surface area contributed by atoms with Crippen LogP contribution in [0.3, 0.4) is 0 Å². The summed E-state index contributed by atoms with van der Waals surface area (Å²) in [5, 5.41) is 5.75. The lowest BCUT2D eigenvalue weighted by atomic mass is 10.1. The van der Waals surface area contributed by atoms with Gasteiger partial charge in [-0.1, -0.05) is 12.1 Å². The van der Waals surface area contributed by atoms with Crippen LogP contribution < -0.4 is 20.1 Å². The molecule has 28 heavy (non-hydrogen) atoms. The molecule has 0 aliphatic carbocycles. The number of rotatable bonds is 6. The number of fused-ring (bicyclic) bond motifs is 1. The number of carbonyl (C=O) groups excluding carboxylic acids is 2. The number of hydrogen-bond acceptors (Lipinski definition) is 5. The van der Waals surface area contributed by atoms with Crippen molar-refractivity contribution in [3.05, 3.63) is 47.5 Å². The summed E-state index contributed by atoms with van der Waals surface area (Å²) < 4.78 is 10.6. The van der Waals surface area contributed by atoms with E-state index in [0.717, 1.165) is 16.8 Å². The van der Waals surface area contributed by atoms with Crippen LogP contribution in [0.25, 0.3) is 0 Å². The van der Waals surface area contributed by atoms with Crippen molar-refractivity contribution in [3.63, 3.8) is 0 Å². The van der Waals surface area contributed by atoms with Crippen LogP contribution in [-0.4, -0.2) is 43.1 Å². The molecule has 0 saturated heterocycles. The van der Waals surface area contributed by atoms with Gasteiger partial charge in [0.2, 0.25) is 18.6 Å². The number of hydrogen-bond donors (Lipinski definition) is 2. The van der Waals surface area contributed by atoms with Gasteiger partial charge in [0.25, 0.3) is 0 Å². The Kier molecular flexibility index (Phi) is 5.84. The van der Waals surface area contributed by atoms with E-state index in [1.165, 1.54) is 0 Å². The minimum Gasteiger partial charge on any atom is -0.454 e. The molecule has 3 rings (SSSR count). The largest absolute Gasteiger partial charge is 0.454 e. The first kappa shape index (κ1) is 19.7. The van der Waals surface area contributed by atoms with E-state index in [2.05, 4.69) is 10.6 Å². The van der Waals surface area contributed by atoms with Crippen LogP contribution in [0.15, 0.2) is 36.4 Å². The second-order valence-electron chi connectivity index (χ2n) is 7.01. The van der Waals surface area contributed by atoms with Crippen LogP contribution in [0.4, 0.5) is 11.4 Å². The quantitative estimate of drug-likeness (QED) is 0.802. The third-order valence-corrected chi connectivity index (χ3v) is 4.74. The lowest BCUT2D eigenvalue weighted by molar-refractivity contribution is -0.122. The highest BCUT2D eigenvalue weighted by molar-refractivity contribution is 5.96. The van der Waals surface area contributed by atoms with Gasteiger partial charge in [0.15, 0.2) is 11.5 Å². The monoisotopic (exact) mass is 383 g/mol. The van der Waals surface area contributed by atoms with Crippen molar-refractivity contribution in [2.75, 3.05) is 31.0 Å². The van der Waals surface area contributed by atoms with E-state index in [4.69, 9.17) is 9.47 Å². The summed E-state index contributed by atoms with van der Waals surface area (Å²) >= 11 is 0. The molecule has 0 aromatic heterocycles. The zero-order valence-electron chi connectivity index (χ0n) is 16.5. The Morgan fingerprint density at radius 2 is 1.82 bits per heavy atom. The first-order valence-corrected chi connectivity index (χ1v) is 9.11. The highest BCUT2D eigenvalue weighted by atomic mass is 16.7. The van der Waals surface area contributed by atoms with Gasteiger partial charge in [-0.05, 0) is 57.1 Å². The maximum Gasteiger partial charge on any atom is 0.241 e. The fourth-order valence-corrected chi connectivity index (χ4v) is 2.84. The van der Waals surface area contributed by atoms with Crippen LogP contribution in [-0.2, 0) is 9.59 Å². The van der Waals surface area contributed by atoms with Gasteiger partial charge in [-0.2, -0.15) is 0 Å². The average Bonchev–Trinajstić information content (AvgIpc) is 3.11. The highest BCUT2D eigenvalue weighted by Gasteiger charge is 2.21. The van der Waals surface area contributed by atoms with E-state index in [1.807, 2.05) is 32.0 Å². The maximum atomic E-state index is 12.5. The summed E-state index contributed by atoms with van der Waals surface area (Å²) in [4.78, 5) is 26.6. The van der Waals surface area contributed by atoms with Crippen LogP contribution >= 0.6 is 0 Å². The van der Waals surface area contributed by atoms with Crippen molar-refractivity contribution >= 4 is 23.2 Å². The minimum absolute atomic E-state index is 0.100. The zero-order valence-corrected chi connectivity index (χ0v) is 16.5. The van der Waals surface area contributed by atoms with Crippen LogP contribution in [0.2, 0.25) is 0 Å². The Bertz CT molecular complexity index is 897. The fourth-order valence-electron chi connectivity index (χ4n) is 2.84. The zero-order chi connectivity index (χ0) is 20.3. The number of benzene rings is 2. The summed E-state index contributed by atoms with van der Waals surface area (Å²) in [7, 11) is 1.74. The van der Waals surface area contributed by atoms with Gasteiger partial charge in [-0.25, -0.2) is 0 Å². The minimum atomic E-state index is -0.491. The number of nitrogens with one attached hydrogen (secondary N) is 2. The summed E-state index contributed by atoms with van der Waals surface area (Å²) in [5.74, 6) is 0.887. The molecule has 2 aromatic rings. The molecule has 0 fully saturated rings. The van der Waals surface area contributed by atoms with Gasteiger partial charge in [-0.15, -0.1) is 0 Å². The Morgan fingerprint density at radius 1 is 1.07 bits per heavy atom. The lowest BCUT2D eigenvalue weighted by Crippen LogP contribution is -2.43. The Morgan fingerprint density at radius 3 is 2.61 bits per heavy atom. The number of amides is 2. The molecular weight excluding hydrogens is 358 g/mol. The molecule has 1 aliphatic heterocycles. The van der Waals surface area contributed by atoms with Crippen LogP contribution in [0.1, 0.15) is 18.1 Å². The van der Waals surface area contributed by atoms with Crippen molar-refractivity contribution in [2.24, 2.45) is 0 Å². The average molecular weight is 383 g/mol. The topological polar surface area (TPSA) is 79.9 Å². The second-order valence-corrected chi connectivity index (χ2v) is 7.01. The van der Waals surface area contributed by atoms with Gasteiger partial charge < -0.3 is 20.1 Å². The molecule has 148 valence electrons. The van der Waals surface area contributed by atoms with E-state index < -0.39 is 6.04 Å². The SMILES string of the molecule is Cc1ccc(C)c(NC(=O)CN(C)[C@H](C)C(=O)Nc2ccc3c(c2)OCO3)c1. The number of ether oxygens (including phenoxy) is 2. The lowest BCUT2D eigenvalue weighted by Gasteiger charge is -2.23. The van der Waals surface area contributed by atoms with Crippen molar-refractivity contribution in [2.45, 2.75) is 26.8 Å². The van der Waals surface area contributed by atoms with E-state index in [1.54, 1.807) is 37.1 Å². The number of aryl methyl sites for hydroxylation is 2. The van der Waals surface area contributed by atoms with Gasteiger partial charge in [0.05, 0.1) is 12.6 Å². The molecule has 1 aliphatic rings. The van der Waals surface area contributed by atoms with Gasteiger partial charge in [0, 0.05) is 17.4 Å². The standard InChI is InChI=1S/C21H25N3O4/c1-13-5-6-14(2)17(9-13)23-20(25)11-24(4)15(3)21(26)22-16-7-8-18-19(10-16)28-12-27-18/h5-10,15H,11-12H2,1-4H3,(H,22,26)(H,23,25)/t15-/m1/s1. The number of anilines is 2. The first-order chi connectivity index (χ1) is 13.3. The summed E-state index contributed by atoms with van der Waals surface area (Å²) in [6.07, 6.45) is 0. The van der Waals surface area contributed by atoms with Crippen molar-refractivity contribution in [1.82, 2.24) is 4.90 Å². The molecule has 0 saturated carbocycles. The fraction of sp³-hybridized carbons (Fsp3) is 0.333. The predicted molar refractivity (Wildman–Crippen MR) is 108 cm³/mol. The molecule has 7 nitrogen and oxygen atoms in total.